The first-order chi connectivity index (χ1) is 18.9. The number of piperidine rings is 1. The number of hydrazone groups is 1. The van der Waals surface area contributed by atoms with E-state index in [0.29, 0.717) is 19.5 Å². The zero-order chi connectivity index (χ0) is 28.5. The molecular weight excluding hydrogens is 504 g/mol. The van der Waals surface area contributed by atoms with Gasteiger partial charge in [0, 0.05) is 26.2 Å². The van der Waals surface area contributed by atoms with Crippen LogP contribution in [-0.2, 0) is 30.5 Å². The van der Waals surface area contributed by atoms with E-state index in [1.807, 2.05) is 30.0 Å². The van der Waals surface area contributed by atoms with Gasteiger partial charge in [0.25, 0.3) is 0 Å². The van der Waals surface area contributed by atoms with E-state index in [0.717, 1.165) is 31.4 Å². The Morgan fingerprint density at radius 3 is 2.67 bits per heavy atom. The predicted molar refractivity (Wildman–Crippen MR) is 146 cm³/mol. The number of amides is 3. The van der Waals surface area contributed by atoms with Gasteiger partial charge in [0.05, 0.1) is 13.0 Å². The number of rotatable bonds is 15. The van der Waals surface area contributed by atoms with E-state index >= 15 is 0 Å². The molecule has 1 aliphatic heterocycles. The summed E-state index contributed by atoms with van der Waals surface area (Å²) < 4.78 is 10.3. The van der Waals surface area contributed by atoms with Crippen molar-refractivity contribution in [3.8, 4) is 0 Å². The monoisotopic (exact) mass is 546 g/mol. The van der Waals surface area contributed by atoms with E-state index in [-0.39, 0.29) is 38.6 Å². The van der Waals surface area contributed by atoms with E-state index in [1.54, 1.807) is 25.4 Å². The third kappa shape index (κ3) is 12.1. The smallest absolute Gasteiger partial charge is 0.408 e. The quantitative estimate of drug-likeness (QED) is 0.0985. The molecule has 0 saturated carbocycles. The number of ether oxygens (including phenoxy) is 2. The van der Waals surface area contributed by atoms with E-state index < -0.39 is 29.9 Å². The van der Waals surface area contributed by atoms with Crippen LogP contribution in [0.5, 0.6) is 0 Å². The number of esters is 1. The molecule has 12 heteroatoms. The van der Waals surface area contributed by atoms with Gasteiger partial charge in [-0.05, 0) is 37.7 Å². The Morgan fingerprint density at radius 2 is 1.97 bits per heavy atom. The summed E-state index contributed by atoms with van der Waals surface area (Å²) in [4.78, 5) is 54.5. The lowest BCUT2D eigenvalue weighted by Gasteiger charge is -2.31. The maximum absolute atomic E-state index is 13.5. The SMILES string of the molecule is CCCCN(CC(=O)OCC)C(=O)[C@H](CC(=O)NC[C@@H]1CCCN(C=NN)C1)NC(=O)OCc1ccccc1. The number of alkyl carbamates (subject to hydrolysis) is 1. The Hall–Kier alpha value is -3.83. The number of unbranched alkanes of at least 4 members (excludes halogenated alkanes) is 1. The number of likely N-dealkylation sites (tertiary alicyclic amines) is 1. The molecule has 1 heterocycles. The molecule has 216 valence electrons. The van der Waals surface area contributed by atoms with Crippen LogP contribution in [0.1, 0.15) is 51.5 Å². The highest BCUT2D eigenvalue weighted by atomic mass is 16.5. The third-order valence-corrected chi connectivity index (χ3v) is 6.28. The molecule has 3 amide bonds. The van der Waals surface area contributed by atoms with Gasteiger partial charge in [-0.25, -0.2) is 4.79 Å². The summed E-state index contributed by atoms with van der Waals surface area (Å²) in [5.74, 6) is 3.95. The first-order valence-electron chi connectivity index (χ1n) is 13.5. The standard InChI is InChI=1S/C27H42N6O6/c1-3-5-14-33(18-25(35)38-4-2)26(36)23(31-27(37)39-19-21-10-7-6-8-11-21)15-24(34)29-16-22-12-9-13-32(17-22)20-30-28/h6-8,10-11,20,22-23H,3-5,9,12-19,28H2,1-2H3,(H,29,34)(H,31,37)/t22-,23-/m0/s1. The van der Waals surface area contributed by atoms with Gasteiger partial charge < -0.3 is 35.7 Å². The number of hydrogen-bond donors (Lipinski definition) is 3. The number of carbonyl (C=O) groups excluding carboxylic acids is 4. The normalized spacial score (nSPS) is 15.8. The molecule has 2 rings (SSSR count). The third-order valence-electron chi connectivity index (χ3n) is 6.28. The second-order valence-electron chi connectivity index (χ2n) is 9.45. The van der Waals surface area contributed by atoms with Gasteiger partial charge in [-0.15, -0.1) is 0 Å². The topological polar surface area (TPSA) is 156 Å². The van der Waals surface area contributed by atoms with Crippen molar-refractivity contribution in [3.63, 3.8) is 0 Å². The molecule has 2 atom stereocenters. The van der Waals surface area contributed by atoms with Crippen LogP contribution in [0, 0.1) is 5.92 Å². The van der Waals surface area contributed by atoms with Gasteiger partial charge in [0.2, 0.25) is 11.8 Å². The van der Waals surface area contributed by atoms with Gasteiger partial charge in [0.1, 0.15) is 25.5 Å². The highest BCUT2D eigenvalue weighted by molar-refractivity contribution is 5.92. The zero-order valence-electron chi connectivity index (χ0n) is 23.0. The Balaban J connectivity index is 2.06. The van der Waals surface area contributed by atoms with Crippen LogP contribution < -0.4 is 16.5 Å². The van der Waals surface area contributed by atoms with Crippen molar-refractivity contribution in [1.82, 2.24) is 20.4 Å². The molecule has 0 aliphatic carbocycles. The molecule has 0 unspecified atom stereocenters. The number of nitrogens with two attached hydrogens (primary N) is 1. The summed E-state index contributed by atoms with van der Waals surface area (Å²) in [6, 6.07) is 7.89. The molecule has 1 aromatic rings. The minimum Gasteiger partial charge on any atom is -0.465 e. The molecule has 4 N–H and O–H groups in total. The second kappa shape index (κ2) is 17.6. The van der Waals surface area contributed by atoms with Crippen LogP contribution in [0.25, 0.3) is 0 Å². The lowest BCUT2D eigenvalue weighted by atomic mass is 9.98. The number of carbonyl (C=O) groups is 4. The number of hydrogen-bond acceptors (Lipinski definition) is 8. The average molecular weight is 547 g/mol. The predicted octanol–water partition coefficient (Wildman–Crippen LogP) is 1.59. The van der Waals surface area contributed by atoms with Gasteiger partial charge in [-0.2, -0.15) is 5.10 Å². The first kappa shape index (κ1) is 31.4. The highest BCUT2D eigenvalue weighted by Gasteiger charge is 2.30. The molecule has 0 radical (unpaired) electrons. The van der Waals surface area contributed by atoms with Gasteiger partial charge >= 0.3 is 12.1 Å². The maximum atomic E-state index is 13.5. The Bertz CT molecular complexity index is 944. The van der Waals surface area contributed by atoms with Crippen molar-refractivity contribution in [2.24, 2.45) is 16.9 Å². The molecule has 0 aromatic heterocycles. The fourth-order valence-electron chi connectivity index (χ4n) is 4.28. The molecular formula is C27H42N6O6. The Morgan fingerprint density at radius 1 is 1.21 bits per heavy atom. The van der Waals surface area contributed by atoms with Crippen LogP contribution >= 0.6 is 0 Å². The lowest BCUT2D eigenvalue weighted by molar-refractivity contribution is -0.149. The molecule has 0 spiro atoms. The summed E-state index contributed by atoms with van der Waals surface area (Å²) in [5, 5.41) is 8.98. The second-order valence-corrected chi connectivity index (χ2v) is 9.45. The van der Waals surface area contributed by atoms with Crippen molar-refractivity contribution in [2.45, 2.75) is 58.6 Å². The first-order valence-corrected chi connectivity index (χ1v) is 13.5. The number of benzene rings is 1. The van der Waals surface area contributed by atoms with Crippen molar-refractivity contribution in [2.75, 3.05) is 39.3 Å². The van der Waals surface area contributed by atoms with E-state index in [1.165, 1.54) is 4.90 Å². The molecule has 0 bridgehead atoms. The molecule has 39 heavy (non-hydrogen) atoms. The van der Waals surface area contributed by atoms with Crippen LogP contribution in [0.3, 0.4) is 0 Å². The van der Waals surface area contributed by atoms with Crippen LogP contribution in [0.2, 0.25) is 0 Å². The highest BCUT2D eigenvalue weighted by Crippen LogP contribution is 2.14. The molecule has 1 aliphatic rings. The summed E-state index contributed by atoms with van der Waals surface area (Å²) in [6.45, 7) is 5.81. The number of nitrogens with zero attached hydrogens (tertiary/aromatic N) is 3. The summed E-state index contributed by atoms with van der Waals surface area (Å²) >= 11 is 0. The fourth-order valence-corrected chi connectivity index (χ4v) is 4.28. The zero-order valence-corrected chi connectivity index (χ0v) is 23.0. The minimum absolute atomic E-state index is 0.00639. The van der Waals surface area contributed by atoms with Gasteiger partial charge in [-0.3, -0.25) is 14.4 Å². The fraction of sp³-hybridized carbons (Fsp3) is 0.593. The van der Waals surface area contributed by atoms with Crippen LogP contribution in [0.15, 0.2) is 35.4 Å². The van der Waals surface area contributed by atoms with E-state index in [4.69, 9.17) is 15.3 Å². The van der Waals surface area contributed by atoms with Crippen molar-refractivity contribution >= 4 is 30.2 Å². The average Bonchev–Trinajstić information content (AvgIpc) is 2.93. The largest absolute Gasteiger partial charge is 0.465 e. The molecule has 1 aromatic carbocycles. The van der Waals surface area contributed by atoms with Crippen LogP contribution in [0.4, 0.5) is 4.79 Å². The number of nitrogens with one attached hydrogen (secondary N) is 2. The molecule has 1 saturated heterocycles. The Kier molecular flexibility index (Phi) is 14.2. The van der Waals surface area contributed by atoms with E-state index in [2.05, 4.69) is 15.7 Å². The maximum Gasteiger partial charge on any atom is 0.408 e. The summed E-state index contributed by atoms with van der Waals surface area (Å²) in [6.07, 6.45) is 3.77. The summed E-state index contributed by atoms with van der Waals surface area (Å²) in [7, 11) is 0. The van der Waals surface area contributed by atoms with Crippen LogP contribution in [-0.4, -0.2) is 85.4 Å². The summed E-state index contributed by atoms with van der Waals surface area (Å²) in [5.41, 5.74) is 0.779. The van der Waals surface area contributed by atoms with Crippen molar-refractivity contribution in [3.05, 3.63) is 35.9 Å². The minimum atomic E-state index is -1.22. The van der Waals surface area contributed by atoms with Crippen molar-refractivity contribution in [1.29, 1.82) is 0 Å². The van der Waals surface area contributed by atoms with E-state index in [9.17, 15) is 19.2 Å². The van der Waals surface area contributed by atoms with Gasteiger partial charge in [0.15, 0.2) is 0 Å². The molecule has 1 fully saturated rings. The van der Waals surface area contributed by atoms with Crippen molar-refractivity contribution < 1.29 is 28.7 Å². The molecule has 12 nitrogen and oxygen atoms in total. The lowest BCUT2D eigenvalue weighted by Crippen LogP contribution is -2.52. The van der Waals surface area contributed by atoms with Gasteiger partial charge in [-0.1, -0.05) is 43.7 Å². The Labute approximate surface area is 230 Å².